The monoisotopic (exact) mass is 256 g/mol. The van der Waals surface area contributed by atoms with E-state index in [1.807, 2.05) is 31.0 Å². The Morgan fingerprint density at radius 1 is 1.32 bits per heavy atom. The third-order valence-corrected chi connectivity index (χ3v) is 4.04. The van der Waals surface area contributed by atoms with Crippen LogP contribution in [0.15, 0.2) is 43.2 Å². The molecule has 0 aromatic carbocycles. The highest BCUT2D eigenvalue weighted by atomic mass is 15.1. The molecular formula is C15H20N4. The maximum absolute atomic E-state index is 4.19. The third-order valence-electron chi connectivity index (χ3n) is 4.04. The molecule has 0 bridgehead atoms. The van der Waals surface area contributed by atoms with Gasteiger partial charge in [-0.3, -0.25) is 4.98 Å². The largest absolute Gasteiger partial charge is 0.333 e. The molecule has 4 nitrogen and oxygen atoms in total. The zero-order chi connectivity index (χ0) is 13.1. The lowest BCUT2D eigenvalue weighted by Crippen LogP contribution is -2.35. The molecule has 2 aromatic heterocycles. The van der Waals surface area contributed by atoms with Crippen molar-refractivity contribution >= 4 is 0 Å². The van der Waals surface area contributed by atoms with Crippen LogP contribution in [0.5, 0.6) is 0 Å². The van der Waals surface area contributed by atoms with Crippen molar-refractivity contribution in [2.45, 2.75) is 44.3 Å². The predicted molar refractivity (Wildman–Crippen MR) is 74.7 cm³/mol. The van der Waals surface area contributed by atoms with Gasteiger partial charge < -0.3 is 9.88 Å². The van der Waals surface area contributed by atoms with Gasteiger partial charge in [-0.05, 0) is 37.8 Å². The highest BCUT2D eigenvalue weighted by Crippen LogP contribution is 2.31. The molecule has 19 heavy (non-hydrogen) atoms. The van der Waals surface area contributed by atoms with E-state index >= 15 is 0 Å². The Morgan fingerprint density at radius 3 is 3.00 bits per heavy atom. The van der Waals surface area contributed by atoms with Gasteiger partial charge in [0.2, 0.25) is 0 Å². The highest BCUT2D eigenvalue weighted by Gasteiger charge is 2.29. The lowest BCUT2D eigenvalue weighted by atomic mass is 10.1. The van der Waals surface area contributed by atoms with Gasteiger partial charge in [0, 0.05) is 42.9 Å². The van der Waals surface area contributed by atoms with Gasteiger partial charge in [0.05, 0.1) is 6.33 Å². The smallest absolute Gasteiger partial charge is 0.0949 e. The Hall–Kier alpha value is -1.68. The van der Waals surface area contributed by atoms with Gasteiger partial charge in [-0.1, -0.05) is 6.07 Å². The summed E-state index contributed by atoms with van der Waals surface area (Å²) in [6.07, 6.45) is 13.4. The molecule has 1 aliphatic rings. The SMILES string of the molecule is CC(NC1CCCC1n1ccnc1)c1cccnc1. The topological polar surface area (TPSA) is 42.7 Å². The van der Waals surface area contributed by atoms with E-state index in [4.69, 9.17) is 0 Å². The molecule has 2 aromatic rings. The van der Waals surface area contributed by atoms with Crippen LogP contribution in [0.2, 0.25) is 0 Å². The van der Waals surface area contributed by atoms with Gasteiger partial charge in [-0.2, -0.15) is 0 Å². The van der Waals surface area contributed by atoms with Gasteiger partial charge in [0.15, 0.2) is 0 Å². The molecule has 0 aliphatic heterocycles. The molecule has 1 aliphatic carbocycles. The van der Waals surface area contributed by atoms with Crippen LogP contribution in [-0.2, 0) is 0 Å². The van der Waals surface area contributed by atoms with Gasteiger partial charge >= 0.3 is 0 Å². The van der Waals surface area contributed by atoms with Crippen molar-refractivity contribution in [3.8, 4) is 0 Å². The van der Waals surface area contributed by atoms with Gasteiger partial charge in [0.1, 0.15) is 0 Å². The molecular weight excluding hydrogens is 236 g/mol. The number of aromatic nitrogens is 3. The predicted octanol–water partition coefficient (Wildman–Crippen LogP) is 2.72. The third kappa shape index (κ3) is 2.68. The molecule has 4 heteroatoms. The maximum atomic E-state index is 4.19. The van der Waals surface area contributed by atoms with Gasteiger partial charge in [0.25, 0.3) is 0 Å². The molecule has 3 atom stereocenters. The highest BCUT2D eigenvalue weighted by molar-refractivity contribution is 5.13. The van der Waals surface area contributed by atoms with Crippen LogP contribution in [0.1, 0.15) is 43.8 Å². The number of imidazole rings is 1. The molecule has 1 N–H and O–H groups in total. The van der Waals surface area contributed by atoms with E-state index in [1.54, 1.807) is 0 Å². The standard InChI is InChI=1S/C15H20N4/c1-12(13-4-3-7-16-10-13)18-14-5-2-6-15(14)19-9-8-17-11-19/h3-4,7-12,14-15,18H,2,5-6H2,1H3. The van der Waals surface area contributed by atoms with Crippen molar-refractivity contribution in [2.75, 3.05) is 0 Å². The molecule has 2 heterocycles. The number of nitrogens with zero attached hydrogens (tertiary/aromatic N) is 3. The summed E-state index contributed by atoms with van der Waals surface area (Å²) < 4.78 is 2.24. The second kappa shape index (κ2) is 5.53. The summed E-state index contributed by atoms with van der Waals surface area (Å²) in [4.78, 5) is 8.36. The van der Waals surface area contributed by atoms with Crippen LogP contribution in [-0.4, -0.2) is 20.6 Å². The van der Waals surface area contributed by atoms with E-state index < -0.39 is 0 Å². The lowest BCUT2D eigenvalue weighted by Gasteiger charge is -2.26. The Bertz CT molecular complexity index is 494. The van der Waals surface area contributed by atoms with Crippen molar-refractivity contribution in [3.63, 3.8) is 0 Å². The Morgan fingerprint density at radius 2 is 2.26 bits per heavy atom. The Balaban J connectivity index is 1.69. The average molecular weight is 256 g/mol. The summed E-state index contributed by atoms with van der Waals surface area (Å²) in [7, 11) is 0. The van der Waals surface area contributed by atoms with Crippen LogP contribution < -0.4 is 5.32 Å². The van der Waals surface area contributed by atoms with E-state index in [2.05, 4.69) is 39.0 Å². The van der Waals surface area contributed by atoms with Crippen molar-refractivity contribution in [3.05, 3.63) is 48.8 Å². The summed E-state index contributed by atoms with van der Waals surface area (Å²) in [5, 5.41) is 3.74. The Kier molecular flexibility index (Phi) is 3.60. The van der Waals surface area contributed by atoms with E-state index in [1.165, 1.54) is 24.8 Å². The summed E-state index contributed by atoms with van der Waals surface area (Å²) in [5.74, 6) is 0. The number of hydrogen-bond donors (Lipinski definition) is 1. The van der Waals surface area contributed by atoms with Crippen LogP contribution in [0, 0.1) is 0 Å². The molecule has 0 radical (unpaired) electrons. The van der Waals surface area contributed by atoms with Crippen molar-refractivity contribution in [1.29, 1.82) is 0 Å². The quantitative estimate of drug-likeness (QED) is 0.914. The fourth-order valence-electron chi connectivity index (χ4n) is 3.01. The number of nitrogens with one attached hydrogen (secondary N) is 1. The fraction of sp³-hybridized carbons (Fsp3) is 0.467. The van der Waals surface area contributed by atoms with E-state index in [0.717, 1.165) is 0 Å². The molecule has 100 valence electrons. The molecule has 1 fully saturated rings. The average Bonchev–Trinajstić information content (AvgIpc) is 3.10. The molecule has 3 rings (SSSR count). The second-order valence-electron chi connectivity index (χ2n) is 5.29. The van der Waals surface area contributed by atoms with Crippen LogP contribution in [0.4, 0.5) is 0 Å². The maximum Gasteiger partial charge on any atom is 0.0949 e. The number of rotatable bonds is 4. The first-order chi connectivity index (χ1) is 9.34. The van der Waals surface area contributed by atoms with Gasteiger partial charge in [-0.25, -0.2) is 4.98 Å². The van der Waals surface area contributed by atoms with Crippen molar-refractivity contribution < 1.29 is 0 Å². The van der Waals surface area contributed by atoms with Crippen LogP contribution >= 0.6 is 0 Å². The first-order valence-corrected chi connectivity index (χ1v) is 6.98. The zero-order valence-corrected chi connectivity index (χ0v) is 11.2. The number of hydrogen-bond acceptors (Lipinski definition) is 3. The minimum Gasteiger partial charge on any atom is -0.333 e. The summed E-state index contributed by atoms with van der Waals surface area (Å²) in [5.41, 5.74) is 1.25. The molecule has 0 amide bonds. The van der Waals surface area contributed by atoms with E-state index in [-0.39, 0.29) is 0 Å². The molecule has 0 spiro atoms. The van der Waals surface area contributed by atoms with Gasteiger partial charge in [-0.15, -0.1) is 0 Å². The fourth-order valence-corrected chi connectivity index (χ4v) is 3.01. The summed E-state index contributed by atoms with van der Waals surface area (Å²) in [6, 6.07) is 5.51. The first kappa shape index (κ1) is 12.4. The first-order valence-electron chi connectivity index (χ1n) is 6.98. The van der Waals surface area contributed by atoms with E-state index in [9.17, 15) is 0 Å². The molecule has 1 saturated carbocycles. The van der Waals surface area contributed by atoms with Crippen molar-refractivity contribution in [2.24, 2.45) is 0 Å². The van der Waals surface area contributed by atoms with E-state index in [0.29, 0.717) is 18.1 Å². The van der Waals surface area contributed by atoms with Crippen molar-refractivity contribution in [1.82, 2.24) is 19.9 Å². The summed E-state index contributed by atoms with van der Waals surface area (Å²) in [6.45, 7) is 2.21. The minimum absolute atomic E-state index is 0.336. The molecule has 0 saturated heterocycles. The second-order valence-corrected chi connectivity index (χ2v) is 5.29. The molecule has 3 unspecified atom stereocenters. The zero-order valence-electron chi connectivity index (χ0n) is 11.2. The van der Waals surface area contributed by atoms with Crippen LogP contribution in [0.25, 0.3) is 0 Å². The van der Waals surface area contributed by atoms with Crippen LogP contribution in [0.3, 0.4) is 0 Å². The number of pyridine rings is 1. The summed E-state index contributed by atoms with van der Waals surface area (Å²) >= 11 is 0. The Labute approximate surface area is 113 Å². The minimum atomic E-state index is 0.336. The normalized spacial score (nSPS) is 24.5. The lowest BCUT2D eigenvalue weighted by molar-refractivity contribution is 0.362.